The van der Waals surface area contributed by atoms with E-state index in [0.717, 1.165) is 0 Å². The van der Waals surface area contributed by atoms with E-state index < -0.39 is 15.3 Å². The van der Waals surface area contributed by atoms with Crippen LogP contribution >= 0.6 is 0 Å². The summed E-state index contributed by atoms with van der Waals surface area (Å²) >= 11 is 0. The topological polar surface area (TPSA) is 153 Å². The first-order chi connectivity index (χ1) is 3.73. The van der Waals surface area contributed by atoms with Crippen LogP contribution in [0.3, 0.4) is 0 Å². The van der Waals surface area contributed by atoms with Gasteiger partial charge in [-0.15, -0.1) is 10.1 Å². The monoisotopic (exact) mass is 227 g/mol. The number of rotatable bonds is 0. The van der Waals surface area contributed by atoms with Gasteiger partial charge in [0.25, 0.3) is 5.09 Å². The summed E-state index contributed by atoms with van der Waals surface area (Å²) in [7, 11) is -4.69. The SMILES string of the molecule is O=[N+]([O-])O.[Ca+2].[Mg+2].[O-][Cl+3]([O-])([O-])O. The molecule has 0 rings (SSSR count). The molecule has 0 aliphatic heterocycles. The molecule has 0 saturated heterocycles. The Balaban J connectivity index is -0.0000000383. The van der Waals surface area contributed by atoms with Crippen molar-refractivity contribution in [2.75, 3.05) is 0 Å². The molecule has 0 spiro atoms. The minimum absolute atomic E-state index is 0. The minimum Gasteiger partial charge on any atom is -0.328 e. The molecule has 0 heterocycles. The first kappa shape index (κ1) is 22.8. The van der Waals surface area contributed by atoms with E-state index >= 15 is 0 Å². The zero-order valence-corrected chi connectivity index (χ0v) is 9.55. The number of hydrogen-bond acceptors (Lipinski definition) is 6. The summed E-state index contributed by atoms with van der Waals surface area (Å²) in [5.74, 6) is 0. The van der Waals surface area contributed by atoms with Crippen molar-refractivity contribution in [3.8, 4) is 0 Å². The molecule has 56 valence electrons. The van der Waals surface area contributed by atoms with E-state index in [9.17, 15) is 0 Å². The van der Waals surface area contributed by atoms with Crippen LogP contribution < -0.4 is 14.0 Å². The fourth-order valence-corrected chi connectivity index (χ4v) is 0. The van der Waals surface area contributed by atoms with Crippen LogP contribution in [0.15, 0.2) is 0 Å². The first-order valence-electron chi connectivity index (χ1n) is 1.20. The van der Waals surface area contributed by atoms with Gasteiger partial charge in [-0.05, 0) is 0 Å². The van der Waals surface area contributed by atoms with Crippen LogP contribution in [0.1, 0.15) is 0 Å². The number of hydrogen-bond donors (Lipinski definition) is 2. The number of nitrogens with zero attached hydrogens (tertiary/aromatic N) is 1. The van der Waals surface area contributed by atoms with Gasteiger partial charge in [-0.2, -0.15) is 14.0 Å². The quantitative estimate of drug-likeness (QED) is 0.238. The van der Waals surface area contributed by atoms with E-state index in [1.165, 1.54) is 0 Å². The molecule has 0 aliphatic rings. The zero-order valence-electron chi connectivity index (χ0n) is 5.18. The van der Waals surface area contributed by atoms with Gasteiger partial charge in [-0.3, -0.25) is 0 Å². The molecule has 11 heteroatoms. The van der Waals surface area contributed by atoms with Gasteiger partial charge in [-0.1, -0.05) is 0 Å². The van der Waals surface area contributed by atoms with Gasteiger partial charge in [0.2, 0.25) is 0 Å². The van der Waals surface area contributed by atoms with Crippen molar-refractivity contribution in [1.82, 2.24) is 0 Å². The standard InChI is InChI=1S/Ca.ClHO4.Mg.HNO3/c;2-1(3,4)5;;2-1(3)4/h;(H,2,3,4,5);;(H,2,3,4)/q+2;;+2;. The summed E-state index contributed by atoms with van der Waals surface area (Å²) in [5, 5.41) is 13.6. The molecule has 8 nitrogen and oxygen atoms in total. The van der Waals surface area contributed by atoms with Crippen molar-refractivity contribution >= 4 is 60.8 Å². The van der Waals surface area contributed by atoms with Gasteiger partial charge < -0.3 is 5.21 Å². The Morgan fingerprint density at radius 3 is 1.27 bits per heavy atom. The average Bonchev–Trinajstić information content (AvgIpc) is 1.19. The molecule has 0 amide bonds. The first-order valence-corrected chi connectivity index (χ1v) is 2.46. The molecule has 0 aliphatic carbocycles. The third-order valence-corrected chi connectivity index (χ3v) is 0. The smallest absolute Gasteiger partial charge is 0.328 e. The predicted molar refractivity (Wildman–Crippen MR) is 22.5 cm³/mol. The molecule has 0 aromatic carbocycles. The van der Waals surface area contributed by atoms with Crippen molar-refractivity contribution < 1.29 is 39.2 Å². The van der Waals surface area contributed by atoms with Gasteiger partial charge >= 0.3 is 60.8 Å². The molecule has 0 bridgehead atoms. The van der Waals surface area contributed by atoms with Crippen LogP contribution in [0.25, 0.3) is 0 Å². The Morgan fingerprint density at radius 1 is 1.27 bits per heavy atom. The van der Waals surface area contributed by atoms with Crippen molar-refractivity contribution in [2.45, 2.75) is 0 Å². The van der Waals surface area contributed by atoms with Gasteiger partial charge in [0.15, 0.2) is 0 Å². The van der Waals surface area contributed by atoms with Gasteiger partial charge in [-0.25, -0.2) is 0 Å². The summed E-state index contributed by atoms with van der Waals surface area (Å²) in [6.07, 6.45) is 0. The largest absolute Gasteiger partial charge is 2.00 e. The molecule has 0 saturated carbocycles. The molecular weight excluding hydrogens is 226 g/mol. The molecule has 2 N–H and O–H groups in total. The summed E-state index contributed by atoms with van der Waals surface area (Å²) in [6.45, 7) is 0. The van der Waals surface area contributed by atoms with Gasteiger partial charge in [0.05, 0.1) is 14.9 Å². The normalized spacial score (nSPS) is 7.64. The van der Waals surface area contributed by atoms with Crippen LogP contribution in [-0.2, 0) is 0 Å². The van der Waals surface area contributed by atoms with Crippen molar-refractivity contribution in [3.63, 3.8) is 0 Å². The van der Waals surface area contributed by atoms with Crippen LogP contribution in [0.2, 0.25) is 0 Å². The third kappa shape index (κ3) is 541. The van der Waals surface area contributed by atoms with Crippen molar-refractivity contribution in [3.05, 3.63) is 10.1 Å². The molecule has 0 aromatic heterocycles. The van der Waals surface area contributed by atoms with E-state index in [4.69, 9.17) is 34.0 Å². The second kappa shape index (κ2) is 11.4. The zero-order chi connectivity index (χ0) is 8.08. The van der Waals surface area contributed by atoms with E-state index in [0.29, 0.717) is 0 Å². The van der Waals surface area contributed by atoms with Crippen LogP contribution in [0.5, 0.6) is 0 Å². The molecule has 0 atom stereocenters. The Labute approximate surface area is 109 Å². The summed E-state index contributed by atoms with van der Waals surface area (Å²) in [6, 6.07) is 0. The maximum Gasteiger partial charge on any atom is 2.00 e. The molecule has 0 radical (unpaired) electrons. The molecule has 0 unspecified atom stereocenters. The molecular formula is H2CaClMgNO7+4. The summed E-state index contributed by atoms with van der Waals surface area (Å²) in [5.41, 5.74) is 0. The van der Waals surface area contributed by atoms with Gasteiger partial charge in [0, 0.05) is 0 Å². The molecule has 11 heavy (non-hydrogen) atoms. The Morgan fingerprint density at radius 2 is 1.27 bits per heavy atom. The van der Waals surface area contributed by atoms with Gasteiger partial charge in [0.1, 0.15) is 0 Å². The van der Waals surface area contributed by atoms with Crippen LogP contribution in [0.4, 0.5) is 0 Å². The van der Waals surface area contributed by atoms with Crippen LogP contribution in [0, 0.1) is 20.4 Å². The maximum atomic E-state index is 8.60. The summed E-state index contributed by atoms with van der Waals surface area (Å²) < 4.78 is 32.7. The second-order valence-corrected chi connectivity index (χ2v) is 1.43. The Hall–Kier alpha value is 1.36. The average molecular weight is 228 g/mol. The Bertz CT molecular complexity index is 80.9. The van der Waals surface area contributed by atoms with Crippen molar-refractivity contribution in [1.29, 1.82) is 0 Å². The van der Waals surface area contributed by atoms with E-state index in [1.807, 2.05) is 0 Å². The minimum atomic E-state index is -4.69. The fourth-order valence-electron chi connectivity index (χ4n) is 0. The fraction of sp³-hybridized carbons (Fsp3) is 0. The maximum absolute atomic E-state index is 8.60. The number of halogens is 1. The Kier molecular flexibility index (Phi) is 23.6. The predicted octanol–water partition coefficient (Wildman–Crippen LogP) is -5.23. The second-order valence-electron chi connectivity index (χ2n) is 0.634. The van der Waals surface area contributed by atoms with E-state index in [-0.39, 0.29) is 60.8 Å². The van der Waals surface area contributed by atoms with E-state index in [2.05, 4.69) is 0 Å². The van der Waals surface area contributed by atoms with Crippen molar-refractivity contribution in [2.24, 2.45) is 0 Å². The summed E-state index contributed by atoms with van der Waals surface area (Å²) in [4.78, 5) is 8.36. The molecule has 0 fully saturated rings. The molecule has 0 aromatic rings. The van der Waals surface area contributed by atoms with E-state index in [1.54, 1.807) is 0 Å². The van der Waals surface area contributed by atoms with Crippen LogP contribution in [-0.4, -0.2) is 75.7 Å². The third-order valence-electron chi connectivity index (χ3n) is 0.